The van der Waals surface area contributed by atoms with Crippen LogP contribution in [0.4, 0.5) is 0 Å². The quantitative estimate of drug-likeness (QED) is 0.233. The van der Waals surface area contributed by atoms with Crippen molar-refractivity contribution in [2.24, 2.45) is 0 Å². The third-order valence-electron chi connectivity index (χ3n) is 4.26. The lowest BCUT2D eigenvalue weighted by Gasteiger charge is -2.09. The normalized spacial score (nSPS) is 10.9. The van der Waals surface area contributed by atoms with Crippen molar-refractivity contribution < 1.29 is 0 Å². The first kappa shape index (κ1) is 21.4. The smallest absolute Gasteiger partial charge is 0.160 e. The fourth-order valence-corrected chi connectivity index (χ4v) is 4.91. The van der Waals surface area contributed by atoms with Gasteiger partial charge in [0.05, 0.1) is 5.69 Å². The first-order valence-electron chi connectivity index (χ1n) is 9.35. The zero-order valence-electron chi connectivity index (χ0n) is 16.0. The lowest BCUT2D eigenvalue weighted by Crippen LogP contribution is -1.97. The Morgan fingerprint density at radius 2 is 1.53 bits per heavy atom. The third-order valence-corrected chi connectivity index (χ3v) is 7.00. The standard InChI is InChI=1S/C24H18BrClN2S2/c25-19-8-12-22(13-9-19)30-23-14-21(16-29-15-17-6-10-20(26)11-7-17)27-24(28-23)18-4-2-1-3-5-18/h1-14H,15-16H2. The van der Waals surface area contributed by atoms with Gasteiger partial charge in [-0.15, -0.1) is 0 Å². The number of hydrogen-bond acceptors (Lipinski definition) is 4. The number of benzene rings is 3. The summed E-state index contributed by atoms with van der Waals surface area (Å²) in [4.78, 5) is 10.8. The molecule has 6 heteroatoms. The van der Waals surface area contributed by atoms with Gasteiger partial charge in [0.15, 0.2) is 5.82 Å². The Kier molecular flexibility index (Phi) is 7.50. The Morgan fingerprint density at radius 3 is 2.27 bits per heavy atom. The average Bonchev–Trinajstić information content (AvgIpc) is 2.77. The Bertz CT molecular complexity index is 1100. The highest BCUT2D eigenvalue weighted by Crippen LogP contribution is 2.30. The first-order valence-corrected chi connectivity index (χ1v) is 12.5. The van der Waals surface area contributed by atoms with Crippen LogP contribution < -0.4 is 0 Å². The molecule has 0 spiro atoms. The van der Waals surface area contributed by atoms with E-state index in [2.05, 4.69) is 46.3 Å². The monoisotopic (exact) mass is 512 g/mol. The second-order valence-electron chi connectivity index (χ2n) is 6.56. The Balaban J connectivity index is 1.55. The Morgan fingerprint density at radius 1 is 0.800 bits per heavy atom. The maximum atomic E-state index is 5.98. The summed E-state index contributed by atoms with van der Waals surface area (Å²) < 4.78 is 1.07. The average molecular weight is 514 g/mol. The summed E-state index contributed by atoms with van der Waals surface area (Å²) in [6.45, 7) is 0. The molecule has 4 rings (SSSR count). The van der Waals surface area contributed by atoms with Crippen molar-refractivity contribution in [3.05, 3.63) is 106 Å². The van der Waals surface area contributed by atoms with Crippen molar-refractivity contribution in [3.63, 3.8) is 0 Å². The van der Waals surface area contributed by atoms with E-state index in [1.165, 1.54) is 5.56 Å². The highest BCUT2D eigenvalue weighted by atomic mass is 79.9. The molecule has 0 aliphatic rings. The van der Waals surface area contributed by atoms with Gasteiger partial charge in [0.2, 0.25) is 0 Å². The van der Waals surface area contributed by atoms with Crippen molar-refractivity contribution in [2.45, 2.75) is 21.4 Å². The van der Waals surface area contributed by atoms with Gasteiger partial charge >= 0.3 is 0 Å². The molecule has 30 heavy (non-hydrogen) atoms. The lowest BCUT2D eigenvalue weighted by atomic mass is 10.2. The fraction of sp³-hybridized carbons (Fsp3) is 0.0833. The van der Waals surface area contributed by atoms with Crippen molar-refractivity contribution in [1.29, 1.82) is 0 Å². The van der Waals surface area contributed by atoms with Crippen LogP contribution in [-0.2, 0) is 11.5 Å². The van der Waals surface area contributed by atoms with E-state index in [0.717, 1.165) is 48.0 Å². The van der Waals surface area contributed by atoms with Gasteiger partial charge in [-0.05, 0) is 48.0 Å². The van der Waals surface area contributed by atoms with Crippen LogP contribution in [-0.4, -0.2) is 9.97 Å². The molecule has 3 aromatic carbocycles. The molecule has 0 atom stereocenters. The second-order valence-corrected chi connectivity index (χ2v) is 9.99. The SMILES string of the molecule is Clc1ccc(CSCc2cc(Sc3ccc(Br)cc3)nc(-c3ccccc3)n2)cc1. The molecule has 1 aromatic heterocycles. The summed E-state index contributed by atoms with van der Waals surface area (Å²) in [6.07, 6.45) is 0. The highest BCUT2D eigenvalue weighted by Gasteiger charge is 2.09. The van der Waals surface area contributed by atoms with Crippen LogP contribution in [0.15, 0.2) is 99.3 Å². The van der Waals surface area contributed by atoms with Gasteiger partial charge in [-0.1, -0.05) is 81.8 Å². The Labute approximate surface area is 198 Å². The van der Waals surface area contributed by atoms with Crippen molar-refractivity contribution >= 4 is 51.1 Å². The van der Waals surface area contributed by atoms with Crippen LogP contribution >= 0.6 is 51.1 Å². The molecule has 150 valence electrons. The van der Waals surface area contributed by atoms with E-state index in [0.29, 0.717) is 0 Å². The summed E-state index contributed by atoms with van der Waals surface area (Å²) in [5.74, 6) is 2.50. The topological polar surface area (TPSA) is 25.8 Å². The van der Waals surface area contributed by atoms with Crippen LogP contribution in [0, 0.1) is 0 Å². The minimum Gasteiger partial charge on any atom is -0.232 e. The lowest BCUT2D eigenvalue weighted by molar-refractivity contribution is 1.01. The maximum Gasteiger partial charge on any atom is 0.160 e. The molecule has 0 bridgehead atoms. The molecule has 0 amide bonds. The molecule has 0 saturated heterocycles. The van der Waals surface area contributed by atoms with E-state index in [9.17, 15) is 0 Å². The zero-order chi connectivity index (χ0) is 20.8. The summed E-state index contributed by atoms with van der Waals surface area (Å²) in [7, 11) is 0. The van der Waals surface area contributed by atoms with Crippen LogP contribution in [0.1, 0.15) is 11.3 Å². The minimum absolute atomic E-state index is 0.764. The molecule has 0 aliphatic carbocycles. The molecule has 0 unspecified atom stereocenters. The second kappa shape index (κ2) is 10.5. The number of nitrogens with zero attached hydrogens (tertiary/aromatic N) is 2. The molecule has 1 heterocycles. The molecule has 0 aliphatic heterocycles. The van der Waals surface area contributed by atoms with E-state index in [1.807, 2.05) is 66.4 Å². The predicted octanol–water partition coefficient (Wildman–Crippen LogP) is 8.14. The van der Waals surface area contributed by atoms with Crippen LogP contribution in [0.3, 0.4) is 0 Å². The first-order chi connectivity index (χ1) is 14.7. The number of halogens is 2. The molecule has 2 nitrogen and oxygen atoms in total. The van der Waals surface area contributed by atoms with Crippen LogP contribution in [0.5, 0.6) is 0 Å². The third kappa shape index (κ3) is 6.11. The number of hydrogen-bond donors (Lipinski definition) is 0. The van der Waals surface area contributed by atoms with Gasteiger partial charge in [0.1, 0.15) is 5.03 Å². The van der Waals surface area contributed by atoms with Crippen LogP contribution in [0.2, 0.25) is 5.02 Å². The fourth-order valence-electron chi connectivity index (χ4n) is 2.79. The van der Waals surface area contributed by atoms with Gasteiger partial charge in [-0.25, -0.2) is 9.97 Å². The van der Waals surface area contributed by atoms with Crippen LogP contribution in [0.25, 0.3) is 11.4 Å². The predicted molar refractivity (Wildman–Crippen MR) is 132 cm³/mol. The van der Waals surface area contributed by atoms with E-state index in [1.54, 1.807) is 11.8 Å². The molecular formula is C24H18BrClN2S2. The molecule has 0 fully saturated rings. The summed E-state index contributed by atoms with van der Waals surface area (Å²) >= 11 is 13.0. The highest BCUT2D eigenvalue weighted by molar-refractivity contribution is 9.10. The number of aromatic nitrogens is 2. The van der Waals surface area contributed by atoms with E-state index >= 15 is 0 Å². The molecule has 4 aromatic rings. The van der Waals surface area contributed by atoms with Gasteiger partial charge < -0.3 is 0 Å². The van der Waals surface area contributed by atoms with E-state index < -0.39 is 0 Å². The van der Waals surface area contributed by atoms with Gasteiger partial charge in [-0.2, -0.15) is 11.8 Å². The van der Waals surface area contributed by atoms with Crippen molar-refractivity contribution in [3.8, 4) is 11.4 Å². The largest absolute Gasteiger partial charge is 0.232 e. The maximum absolute atomic E-state index is 5.98. The summed E-state index contributed by atoms with van der Waals surface area (Å²) in [6, 6.07) is 28.5. The number of rotatable bonds is 7. The van der Waals surface area contributed by atoms with Gasteiger partial charge in [-0.3, -0.25) is 0 Å². The zero-order valence-corrected chi connectivity index (χ0v) is 19.9. The van der Waals surface area contributed by atoms with Crippen molar-refractivity contribution in [1.82, 2.24) is 9.97 Å². The van der Waals surface area contributed by atoms with Gasteiger partial charge in [0.25, 0.3) is 0 Å². The van der Waals surface area contributed by atoms with E-state index in [-0.39, 0.29) is 0 Å². The van der Waals surface area contributed by atoms with Gasteiger partial charge in [0, 0.05) is 31.5 Å². The van der Waals surface area contributed by atoms with Crippen molar-refractivity contribution in [2.75, 3.05) is 0 Å². The summed E-state index contributed by atoms with van der Waals surface area (Å²) in [5.41, 5.74) is 3.31. The van der Waals surface area contributed by atoms with E-state index in [4.69, 9.17) is 21.6 Å². The molecule has 0 radical (unpaired) electrons. The minimum atomic E-state index is 0.764. The molecular weight excluding hydrogens is 496 g/mol. The molecule has 0 N–H and O–H groups in total. The Hall–Kier alpha value is -1.79. The summed E-state index contributed by atoms with van der Waals surface area (Å²) in [5, 5.41) is 1.72. The molecule has 0 saturated carbocycles. The number of thioether (sulfide) groups is 1.